The van der Waals surface area contributed by atoms with E-state index in [-0.39, 0.29) is 30.4 Å². The van der Waals surface area contributed by atoms with Crippen molar-refractivity contribution in [3.8, 4) is 0 Å². The van der Waals surface area contributed by atoms with Crippen molar-refractivity contribution in [1.82, 2.24) is 10.6 Å². The van der Waals surface area contributed by atoms with Crippen LogP contribution in [0.3, 0.4) is 0 Å². The number of amides is 1. The number of rotatable bonds is 3. The number of halogens is 2. The maximum atomic E-state index is 12.5. The first-order chi connectivity index (χ1) is 10.6. The lowest BCUT2D eigenvalue weighted by Crippen LogP contribution is -2.48. The predicted octanol–water partition coefficient (Wildman–Crippen LogP) is 3.76. The fourth-order valence-electron chi connectivity index (χ4n) is 2.86. The van der Waals surface area contributed by atoms with Gasteiger partial charge in [-0.15, -0.1) is 12.4 Å². The van der Waals surface area contributed by atoms with Crippen LogP contribution in [-0.2, 0) is 17.8 Å². The molecule has 1 aliphatic rings. The Labute approximate surface area is 151 Å². The molecule has 0 spiro atoms. The van der Waals surface area contributed by atoms with Gasteiger partial charge < -0.3 is 10.6 Å². The summed E-state index contributed by atoms with van der Waals surface area (Å²) in [5, 5.41) is 6.43. The van der Waals surface area contributed by atoms with Gasteiger partial charge in [0.15, 0.2) is 0 Å². The van der Waals surface area contributed by atoms with Crippen LogP contribution >= 0.6 is 28.3 Å². The molecule has 1 amide bonds. The van der Waals surface area contributed by atoms with Crippen LogP contribution in [0.25, 0.3) is 0 Å². The average Bonchev–Trinajstić information content (AvgIpc) is 2.54. The maximum Gasteiger partial charge on any atom is 0.237 e. The molecule has 3 nitrogen and oxygen atoms in total. The summed E-state index contributed by atoms with van der Waals surface area (Å²) in [7, 11) is 0. The SMILES string of the molecule is CC(NC(=O)C1Cc2ccccc2CN1)c1ccccc1Br.Cl. The topological polar surface area (TPSA) is 41.1 Å². The predicted molar refractivity (Wildman–Crippen MR) is 98.7 cm³/mol. The van der Waals surface area contributed by atoms with Crippen LogP contribution < -0.4 is 10.6 Å². The van der Waals surface area contributed by atoms with Crippen molar-refractivity contribution in [3.05, 3.63) is 69.7 Å². The Balaban J connectivity index is 0.00000192. The van der Waals surface area contributed by atoms with Gasteiger partial charge >= 0.3 is 0 Å². The molecule has 0 aliphatic carbocycles. The zero-order valence-corrected chi connectivity index (χ0v) is 15.3. The molecule has 0 saturated carbocycles. The summed E-state index contributed by atoms with van der Waals surface area (Å²) in [4.78, 5) is 12.5. The largest absolute Gasteiger partial charge is 0.348 e. The highest BCUT2D eigenvalue weighted by molar-refractivity contribution is 9.10. The van der Waals surface area contributed by atoms with Crippen molar-refractivity contribution in [3.63, 3.8) is 0 Å². The fourth-order valence-corrected chi connectivity index (χ4v) is 3.49. The first-order valence-electron chi connectivity index (χ1n) is 7.50. The van der Waals surface area contributed by atoms with Crippen molar-refractivity contribution in [2.75, 3.05) is 0 Å². The number of carbonyl (C=O) groups is 1. The van der Waals surface area contributed by atoms with Gasteiger partial charge in [0.2, 0.25) is 5.91 Å². The summed E-state index contributed by atoms with van der Waals surface area (Å²) in [5.41, 5.74) is 3.63. The summed E-state index contributed by atoms with van der Waals surface area (Å²) in [6, 6.07) is 16.1. The van der Waals surface area contributed by atoms with Crippen LogP contribution in [0.2, 0.25) is 0 Å². The molecule has 0 bridgehead atoms. The smallest absolute Gasteiger partial charge is 0.237 e. The highest BCUT2D eigenvalue weighted by Crippen LogP contribution is 2.23. The number of hydrogen-bond donors (Lipinski definition) is 2. The third-order valence-electron chi connectivity index (χ3n) is 4.13. The van der Waals surface area contributed by atoms with E-state index < -0.39 is 0 Å². The molecule has 1 aliphatic heterocycles. The average molecular weight is 396 g/mol. The quantitative estimate of drug-likeness (QED) is 0.831. The summed E-state index contributed by atoms with van der Waals surface area (Å²) in [6.45, 7) is 2.76. The van der Waals surface area contributed by atoms with Gasteiger partial charge in [-0.2, -0.15) is 0 Å². The zero-order valence-electron chi connectivity index (χ0n) is 12.9. The number of carbonyl (C=O) groups excluding carboxylic acids is 1. The van der Waals surface area contributed by atoms with Gasteiger partial charge in [-0.25, -0.2) is 0 Å². The van der Waals surface area contributed by atoms with Crippen LogP contribution in [0.4, 0.5) is 0 Å². The minimum atomic E-state index is -0.167. The number of hydrogen-bond acceptors (Lipinski definition) is 2. The molecule has 122 valence electrons. The van der Waals surface area contributed by atoms with Crippen molar-refractivity contribution in [2.24, 2.45) is 0 Å². The van der Waals surface area contributed by atoms with E-state index in [9.17, 15) is 4.79 Å². The highest BCUT2D eigenvalue weighted by atomic mass is 79.9. The Bertz CT molecular complexity index is 692. The minimum Gasteiger partial charge on any atom is -0.348 e. The van der Waals surface area contributed by atoms with Gasteiger partial charge in [0.05, 0.1) is 12.1 Å². The molecule has 2 atom stereocenters. The molecular formula is C18H20BrClN2O. The van der Waals surface area contributed by atoms with Crippen molar-refractivity contribution >= 4 is 34.2 Å². The second-order valence-corrected chi connectivity index (χ2v) is 6.51. The monoisotopic (exact) mass is 394 g/mol. The molecule has 0 aromatic heterocycles. The molecule has 0 radical (unpaired) electrons. The maximum absolute atomic E-state index is 12.5. The molecule has 0 fully saturated rings. The number of benzene rings is 2. The molecular weight excluding hydrogens is 376 g/mol. The van der Waals surface area contributed by atoms with Crippen LogP contribution in [0.15, 0.2) is 53.0 Å². The van der Waals surface area contributed by atoms with Gasteiger partial charge in [0, 0.05) is 11.0 Å². The van der Waals surface area contributed by atoms with Crippen molar-refractivity contribution in [2.45, 2.75) is 32.0 Å². The van der Waals surface area contributed by atoms with Gasteiger partial charge in [-0.3, -0.25) is 4.79 Å². The molecule has 2 unspecified atom stereocenters. The number of nitrogens with one attached hydrogen (secondary N) is 2. The van der Waals surface area contributed by atoms with Crippen molar-refractivity contribution in [1.29, 1.82) is 0 Å². The highest BCUT2D eigenvalue weighted by Gasteiger charge is 2.25. The Morgan fingerprint density at radius 3 is 2.57 bits per heavy atom. The van der Waals surface area contributed by atoms with Gasteiger partial charge in [0.25, 0.3) is 0 Å². The Morgan fingerprint density at radius 1 is 1.17 bits per heavy atom. The second kappa shape index (κ2) is 7.95. The second-order valence-electron chi connectivity index (χ2n) is 5.66. The minimum absolute atomic E-state index is 0. The first-order valence-corrected chi connectivity index (χ1v) is 8.29. The Morgan fingerprint density at radius 2 is 1.83 bits per heavy atom. The van der Waals surface area contributed by atoms with Crippen LogP contribution in [0, 0.1) is 0 Å². The van der Waals surface area contributed by atoms with E-state index in [1.165, 1.54) is 11.1 Å². The normalized spacial score (nSPS) is 17.6. The van der Waals surface area contributed by atoms with E-state index in [0.29, 0.717) is 0 Å². The van der Waals surface area contributed by atoms with Gasteiger partial charge in [-0.1, -0.05) is 58.4 Å². The molecule has 23 heavy (non-hydrogen) atoms. The summed E-state index contributed by atoms with van der Waals surface area (Å²) >= 11 is 3.54. The van der Waals surface area contributed by atoms with Gasteiger partial charge in [-0.05, 0) is 36.1 Å². The van der Waals surface area contributed by atoms with E-state index in [1.807, 2.05) is 43.3 Å². The van der Waals surface area contributed by atoms with E-state index >= 15 is 0 Å². The molecule has 2 N–H and O–H groups in total. The van der Waals surface area contributed by atoms with E-state index in [0.717, 1.165) is 23.0 Å². The lowest BCUT2D eigenvalue weighted by Gasteiger charge is -2.27. The molecule has 2 aromatic carbocycles. The molecule has 5 heteroatoms. The standard InChI is InChI=1S/C18H19BrN2O.ClH/c1-12(15-8-4-5-9-16(15)19)21-18(22)17-10-13-6-2-3-7-14(13)11-20-17;/h2-9,12,17,20H,10-11H2,1H3,(H,21,22);1H. The molecule has 2 aromatic rings. The summed E-state index contributed by atoms with van der Waals surface area (Å²) < 4.78 is 1.02. The fraction of sp³-hybridized carbons (Fsp3) is 0.278. The van der Waals surface area contributed by atoms with E-state index in [2.05, 4.69) is 38.7 Å². The number of fused-ring (bicyclic) bond motifs is 1. The lowest BCUT2D eigenvalue weighted by molar-refractivity contribution is -0.124. The zero-order chi connectivity index (χ0) is 15.5. The molecule has 3 rings (SSSR count). The van der Waals surface area contributed by atoms with E-state index in [1.54, 1.807) is 0 Å². The first kappa shape index (κ1) is 18.0. The third kappa shape index (κ3) is 4.14. The van der Waals surface area contributed by atoms with Crippen LogP contribution in [0.1, 0.15) is 29.7 Å². The van der Waals surface area contributed by atoms with Crippen molar-refractivity contribution < 1.29 is 4.79 Å². The summed E-state index contributed by atoms with van der Waals surface area (Å²) in [6.07, 6.45) is 0.741. The van der Waals surface area contributed by atoms with Crippen LogP contribution in [-0.4, -0.2) is 11.9 Å². The van der Waals surface area contributed by atoms with Crippen LogP contribution in [0.5, 0.6) is 0 Å². The lowest BCUT2D eigenvalue weighted by atomic mass is 9.95. The Kier molecular flexibility index (Phi) is 6.22. The molecule has 0 saturated heterocycles. The third-order valence-corrected chi connectivity index (χ3v) is 4.85. The van der Waals surface area contributed by atoms with E-state index in [4.69, 9.17) is 0 Å². The Hall–Kier alpha value is -1.36. The summed E-state index contributed by atoms with van der Waals surface area (Å²) in [5.74, 6) is 0.0535. The molecule has 1 heterocycles. The van der Waals surface area contributed by atoms with Gasteiger partial charge in [0.1, 0.15) is 0 Å².